The first-order valence-corrected chi connectivity index (χ1v) is 5.58. The molecule has 14 heavy (non-hydrogen) atoms. The molecule has 2 N–H and O–H groups in total. The molecule has 0 amide bonds. The molecule has 1 aromatic rings. The molecule has 2 rings (SSSR count). The van der Waals surface area contributed by atoms with Gasteiger partial charge in [0, 0.05) is 5.92 Å². The highest BCUT2D eigenvalue weighted by Crippen LogP contribution is 2.40. The molecule has 0 radical (unpaired) electrons. The predicted octanol–water partition coefficient (Wildman–Crippen LogP) is 2.95. The van der Waals surface area contributed by atoms with Gasteiger partial charge < -0.3 is 10.2 Å². The maximum atomic E-state index is 5.87. The van der Waals surface area contributed by atoms with Crippen molar-refractivity contribution < 1.29 is 4.42 Å². The molecule has 2 atom stereocenters. The van der Waals surface area contributed by atoms with E-state index in [-0.39, 0.29) is 0 Å². The van der Waals surface area contributed by atoms with Crippen molar-refractivity contribution in [1.82, 2.24) is 0 Å². The molecule has 0 saturated carbocycles. The van der Waals surface area contributed by atoms with Crippen LogP contribution < -0.4 is 5.73 Å². The first kappa shape index (κ1) is 10.1. The van der Waals surface area contributed by atoms with Crippen LogP contribution in [-0.4, -0.2) is 6.54 Å². The molecule has 2 nitrogen and oxygen atoms in total. The summed E-state index contributed by atoms with van der Waals surface area (Å²) in [5.41, 5.74) is 6.89. The third-order valence-corrected chi connectivity index (χ3v) is 3.37. The summed E-state index contributed by atoms with van der Waals surface area (Å²) in [5.74, 6) is 2.21. The average Bonchev–Trinajstić information content (AvgIpc) is 2.51. The zero-order chi connectivity index (χ0) is 10.1. The third kappa shape index (κ3) is 1.69. The molecule has 1 heterocycles. The van der Waals surface area contributed by atoms with Gasteiger partial charge in [0.25, 0.3) is 0 Å². The second-order valence-corrected chi connectivity index (χ2v) is 4.51. The Morgan fingerprint density at radius 3 is 3.14 bits per heavy atom. The van der Waals surface area contributed by atoms with Crippen LogP contribution >= 0.6 is 11.6 Å². The van der Waals surface area contributed by atoms with Crippen molar-refractivity contribution in [3.8, 4) is 0 Å². The Morgan fingerprint density at radius 2 is 2.43 bits per heavy atom. The summed E-state index contributed by atoms with van der Waals surface area (Å²) in [7, 11) is 0. The number of rotatable bonds is 2. The molecule has 0 fully saturated rings. The minimum Gasteiger partial charge on any atom is -0.449 e. The highest BCUT2D eigenvalue weighted by Gasteiger charge is 2.29. The molecular formula is C11H16ClNO. The SMILES string of the molecule is CC1CCc2cc(Cl)oc2C1CCN. The van der Waals surface area contributed by atoms with Gasteiger partial charge in [0.05, 0.1) is 0 Å². The maximum absolute atomic E-state index is 5.87. The Labute approximate surface area is 89.4 Å². The molecule has 1 aliphatic rings. The van der Waals surface area contributed by atoms with Crippen LogP contribution in [0.2, 0.25) is 5.22 Å². The quantitative estimate of drug-likeness (QED) is 0.821. The first-order valence-electron chi connectivity index (χ1n) is 5.20. The van der Waals surface area contributed by atoms with Crippen molar-refractivity contribution in [3.63, 3.8) is 0 Å². The van der Waals surface area contributed by atoms with E-state index in [0.717, 1.165) is 18.6 Å². The Balaban J connectivity index is 2.30. The van der Waals surface area contributed by atoms with E-state index in [4.69, 9.17) is 21.8 Å². The summed E-state index contributed by atoms with van der Waals surface area (Å²) < 4.78 is 5.55. The number of hydrogen-bond donors (Lipinski definition) is 1. The molecular weight excluding hydrogens is 198 g/mol. The van der Waals surface area contributed by atoms with E-state index in [9.17, 15) is 0 Å². The molecule has 1 aliphatic carbocycles. The largest absolute Gasteiger partial charge is 0.449 e. The van der Waals surface area contributed by atoms with E-state index in [2.05, 4.69) is 6.92 Å². The molecule has 0 aliphatic heterocycles. The van der Waals surface area contributed by atoms with Crippen LogP contribution in [0.1, 0.15) is 37.0 Å². The number of aryl methyl sites for hydroxylation is 1. The van der Waals surface area contributed by atoms with Crippen LogP contribution in [0.25, 0.3) is 0 Å². The lowest BCUT2D eigenvalue weighted by Gasteiger charge is -2.27. The lowest BCUT2D eigenvalue weighted by molar-refractivity contribution is 0.325. The highest BCUT2D eigenvalue weighted by molar-refractivity contribution is 6.28. The second-order valence-electron chi connectivity index (χ2n) is 4.14. The fourth-order valence-electron chi connectivity index (χ4n) is 2.36. The van der Waals surface area contributed by atoms with Gasteiger partial charge in [-0.15, -0.1) is 0 Å². The fraction of sp³-hybridized carbons (Fsp3) is 0.636. The van der Waals surface area contributed by atoms with Crippen LogP contribution in [-0.2, 0) is 6.42 Å². The molecule has 0 spiro atoms. The number of hydrogen-bond acceptors (Lipinski definition) is 2. The minimum atomic E-state index is 0.469. The molecule has 0 bridgehead atoms. The van der Waals surface area contributed by atoms with Crippen molar-refractivity contribution >= 4 is 11.6 Å². The third-order valence-electron chi connectivity index (χ3n) is 3.18. The first-order chi connectivity index (χ1) is 6.72. The summed E-state index contributed by atoms with van der Waals surface area (Å²) in [6.45, 7) is 2.98. The van der Waals surface area contributed by atoms with Gasteiger partial charge in [0.2, 0.25) is 0 Å². The Hall–Kier alpha value is -0.470. The Kier molecular flexibility index (Phi) is 2.84. The van der Waals surface area contributed by atoms with Crippen molar-refractivity contribution in [2.24, 2.45) is 11.7 Å². The molecule has 0 saturated heterocycles. The lowest BCUT2D eigenvalue weighted by Crippen LogP contribution is -2.19. The van der Waals surface area contributed by atoms with E-state index in [1.165, 1.54) is 12.0 Å². The summed E-state index contributed by atoms with van der Waals surface area (Å²) in [4.78, 5) is 0. The number of furan rings is 1. The number of halogens is 1. The van der Waals surface area contributed by atoms with E-state index < -0.39 is 0 Å². The van der Waals surface area contributed by atoms with Gasteiger partial charge in [0.15, 0.2) is 5.22 Å². The van der Waals surface area contributed by atoms with E-state index in [1.807, 2.05) is 6.07 Å². The molecule has 0 aromatic carbocycles. The van der Waals surface area contributed by atoms with Crippen molar-refractivity contribution in [3.05, 3.63) is 22.6 Å². The van der Waals surface area contributed by atoms with Crippen LogP contribution in [0.15, 0.2) is 10.5 Å². The maximum Gasteiger partial charge on any atom is 0.193 e. The minimum absolute atomic E-state index is 0.469. The smallest absolute Gasteiger partial charge is 0.193 e. The summed E-state index contributed by atoms with van der Waals surface area (Å²) >= 11 is 5.87. The zero-order valence-electron chi connectivity index (χ0n) is 8.42. The summed E-state index contributed by atoms with van der Waals surface area (Å²) in [6.07, 6.45) is 3.30. The highest BCUT2D eigenvalue weighted by atomic mass is 35.5. The molecule has 78 valence electrons. The number of fused-ring (bicyclic) bond motifs is 1. The molecule has 3 heteroatoms. The lowest BCUT2D eigenvalue weighted by atomic mass is 9.78. The van der Waals surface area contributed by atoms with E-state index >= 15 is 0 Å². The monoisotopic (exact) mass is 213 g/mol. The Morgan fingerprint density at radius 1 is 1.64 bits per heavy atom. The summed E-state index contributed by atoms with van der Waals surface area (Å²) in [5, 5.41) is 0.520. The normalized spacial score (nSPS) is 26.2. The molecule has 2 unspecified atom stereocenters. The van der Waals surface area contributed by atoms with Crippen LogP contribution in [0.4, 0.5) is 0 Å². The van der Waals surface area contributed by atoms with Gasteiger partial charge >= 0.3 is 0 Å². The fourth-order valence-corrected chi connectivity index (χ4v) is 2.57. The Bertz CT molecular complexity index is 321. The van der Waals surface area contributed by atoms with Crippen LogP contribution in [0.3, 0.4) is 0 Å². The van der Waals surface area contributed by atoms with Gasteiger partial charge in [-0.25, -0.2) is 0 Å². The second kappa shape index (κ2) is 3.95. The number of nitrogens with two attached hydrogens (primary N) is 1. The van der Waals surface area contributed by atoms with Gasteiger partial charge in [-0.3, -0.25) is 0 Å². The van der Waals surface area contributed by atoms with Gasteiger partial charge in [-0.1, -0.05) is 6.92 Å². The van der Waals surface area contributed by atoms with Gasteiger partial charge in [-0.2, -0.15) is 0 Å². The predicted molar refractivity (Wildman–Crippen MR) is 57.6 cm³/mol. The standard InChI is InChI=1S/C11H16ClNO/c1-7-2-3-8-6-10(12)14-11(8)9(7)4-5-13/h6-7,9H,2-5,13H2,1H3. The van der Waals surface area contributed by atoms with Crippen LogP contribution in [0, 0.1) is 5.92 Å². The van der Waals surface area contributed by atoms with Crippen LogP contribution in [0.5, 0.6) is 0 Å². The average molecular weight is 214 g/mol. The van der Waals surface area contributed by atoms with E-state index in [1.54, 1.807) is 0 Å². The topological polar surface area (TPSA) is 39.2 Å². The van der Waals surface area contributed by atoms with E-state index in [0.29, 0.717) is 23.6 Å². The van der Waals surface area contributed by atoms with Gasteiger partial charge in [0.1, 0.15) is 5.76 Å². The van der Waals surface area contributed by atoms with Gasteiger partial charge in [-0.05, 0) is 55.0 Å². The van der Waals surface area contributed by atoms with Crippen molar-refractivity contribution in [2.75, 3.05) is 6.54 Å². The zero-order valence-corrected chi connectivity index (χ0v) is 9.18. The summed E-state index contributed by atoms with van der Waals surface area (Å²) in [6, 6.07) is 1.95. The van der Waals surface area contributed by atoms with Crippen molar-refractivity contribution in [2.45, 2.75) is 32.1 Å². The molecule has 1 aromatic heterocycles. The van der Waals surface area contributed by atoms with Crippen molar-refractivity contribution in [1.29, 1.82) is 0 Å².